The van der Waals surface area contributed by atoms with Crippen LogP contribution in [0.1, 0.15) is 55.8 Å². The molecule has 8 heteroatoms. The minimum atomic E-state index is -0.382. The summed E-state index contributed by atoms with van der Waals surface area (Å²) in [6.07, 6.45) is 6.31. The number of hydrogen-bond donors (Lipinski definition) is 0. The molecule has 3 saturated heterocycles. The SMILES string of the molecule is CCOC(=O)c1ccc(N2C[C@H](C(=O)N(CCOC)C[C@@H]3CCCN4CCCC[C@H]34)CC2=O)cc1. The van der Waals surface area contributed by atoms with Gasteiger partial charge in [0.2, 0.25) is 11.8 Å². The molecule has 192 valence electrons. The maximum atomic E-state index is 13.6. The zero-order chi connectivity index (χ0) is 24.8. The Labute approximate surface area is 208 Å². The van der Waals surface area contributed by atoms with Gasteiger partial charge in [-0.15, -0.1) is 0 Å². The van der Waals surface area contributed by atoms with Gasteiger partial charge in [0.05, 0.1) is 24.7 Å². The van der Waals surface area contributed by atoms with Crippen LogP contribution in [-0.4, -0.2) is 86.7 Å². The lowest BCUT2D eigenvalue weighted by atomic mass is 9.83. The molecule has 4 rings (SSSR count). The van der Waals surface area contributed by atoms with Gasteiger partial charge in [-0.25, -0.2) is 4.79 Å². The topological polar surface area (TPSA) is 79.4 Å². The summed E-state index contributed by atoms with van der Waals surface area (Å²) in [5, 5.41) is 0. The van der Waals surface area contributed by atoms with Crippen LogP contribution in [-0.2, 0) is 19.1 Å². The van der Waals surface area contributed by atoms with Crippen molar-refractivity contribution in [2.24, 2.45) is 11.8 Å². The van der Waals surface area contributed by atoms with Crippen molar-refractivity contribution in [2.75, 3.05) is 57.9 Å². The lowest BCUT2D eigenvalue weighted by Gasteiger charge is -2.46. The molecule has 3 atom stereocenters. The second-order valence-electron chi connectivity index (χ2n) is 9.95. The number of piperidine rings is 2. The summed E-state index contributed by atoms with van der Waals surface area (Å²) in [6.45, 7) is 6.57. The van der Waals surface area contributed by atoms with Crippen LogP contribution in [0.5, 0.6) is 0 Å². The Balaban J connectivity index is 1.42. The van der Waals surface area contributed by atoms with Crippen molar-refractivity contribution in [1.82, 2.24) is 9.80 Å². The van der Waals surface area contributed by atoms with Crippen LogP contribution in [0.15, 0.2) is 24.3 Å². The highest BCUT2D eigenvalue weighted by atomic mass is 16.5. The van der Waals surface area contributed by atoms with E-state index in [4.69, 9.17) is 9.47 Å². The summed E-state index contributed by atoms with van der Waals surface area (Å²) in [6, 6.07) is 7.40. The van der Waals surface area contributed by atoms with Gasteiger partial charge < -0.3 is 24.2 Å². The minimum Gasteiger partial charge on any atom is -0.462 e. The number of esters is 1. The van der Waals surface area contributed by atoms with E-state index in [2.05, 4.69) is 4.90 Å². The third-order valence-electron chi connectivity index (χ3n) is 7.72. The molecule has 35 heavy (non-hydrogen) atoms. The van der Waals surface area contributed by atoms with E-state index in [0.29, 0.717) is 49.5 Å². The number of fused-ring (bicyclic) bond motifs is 1. The van der Waals surface area contributed by atoms with Gasteiger partial charge in [0, 0.05) is 44.9 Å². The van der Waals surface area contributed by atoms with E-state index in [1.807, 2.05) is 4.90 Å². The Kier molecular flexibility index (Phi) is 8.78. The van der Waals surface area contributed by atoms with Crippen LogP contribution in [0.4, 0.5) is 5.69 Å². The zero-order valence-electron chi connectivity index (χ0n) is 21.1. The number of carbonyl (C=O) groups excluding carboxylic acids is 3. The highest BCUT2D eigenvalue weighted by Crippen LogP contribution is 2.32. The second kappa shape index (κ2) is 12.0. The van der Waals surface area contributed by atoms with Crippen LogP contribution >= 0.6 is 0 Å². The summed E-state index contributed by atoms with van der Waals surface area (Å²) in [5.41, 5.74) is 1.15. The van der Waals surface area contributed by atoms with Crippen molar-refractivity contribution in [2.45, 2.75) is 51.5 Å². The molecule has 0 radical (unpaired) electrons. The van der Waals surface area contributed by atoms with Gasteiger partial charge in [0.15, 0.2) is 0 Å². The van der Waals surface area contributed by atoms with Crippen molar-refractivity contribution >= 4 is 23.5 Å². The lowest BCUT2D eigenvalue weighted by molar-refractivity contribution is -0.137. The number of rotatable bonds is 9. The van der Waals surface area contributed by atoms with Gasteiger partial charge in [-0.05, 0) is 75.9 Å². The molecule has 3 heterocycles. The molecule has 0 bridgehead atoms. The first-order chi connectivity index (χ1) is 17.0. The maximum absolute atomic E-state index is 13.6. The van der Waals surface area contributed by atoms with E-state index in [1.165, 1.54) is 38.8 Å². The van der Waals surface area contributed by atoms with E-state index in [1.54, 1.807) is 43.2 Å². The van der Waals surface area contributed by atoms with Crippen LogP contribution < -0.4 is 4.90 Å². The predicted molar refractivity (Wildman–Crippen MR) is 133 cm³/mol. The third-order valence-corrected chi connectivity index (χ3v) is 7.72. The Hall–Kier alpha value is -2.45. The van der Waals surface area contributed by atoms with Crippen LogP contribution in [0.3, 0.4) is 0 Å². The normalized spacial score (nSPS) is 24.8. The minimum absolute atomic E-state index is 0.0500. The fraction of sp³-hybridized carbons (Fsp3) is 0.667. The number of carbonyl (C=O) groups is 3. The van der Waals surface area contributed by atoms with Gasteiger partial charge in [0.25, 0.3) is 0 Å². The molecule has 3 fully saturated rings. The predicted octanol–water partition coefficient (Wildman–Crippen LogP) is 2.96. The van der Waals surface area contributed by atoms with Gasteiger partial charge >= 0.3 is 5.97 Å². The molecule has 3 aliphatic rings. The average molecular weight is 486 g/mol. The fourth-order valence-corrected chi connectivity index (χ4v) is 5.94. The summed E-state index contributed by atoms with van der Waals surface area (Å²) < 4.78 is 10.4. The molecular weight excluding hydrogens is 446 g/mol. The molecule has 8 nitrogen and oxygen atoms in total. The molecule has 0 saturated carbocycles. The van der Waals surface area contributed by atoms with Crippen molar-refractivity contribution in [3.05, 3.63) is 29.8 Å². The number of amides is 2. The Bertz CT molecular complexity index is 887. The Morgan fingerprint density at radius 2 is 1.86 bits per heavy atom. The molecule has 0 spiro atoms. The number of ether oxygens (including phenoxy) is 2. The average Bonchev–Trinajstić information content (AvgIpc) is 3.28. The Morgan fingerprint density at radius 3 is 2.60 bits per heavy atom. The zero-order valence-corrected chi connectivity index (χ0v) is 21.1. The van der Waals surface area contributed by atoms with Crippen LogP contribution in [0.25, 0.3) is 0 Å². The van der Waals surface area contributed by atoms with Gasteiger partial charge in [-0.1, -0.05) is 6.42 Å². The van der Waals surface area contributed by atoms with E-state index in [9.17, 15) is 14.4 Å². The number of anilines is 1. The number of benzene rings is 1. The van der Waals surface area contributed by atoms with Crippen molar-refractivity contribution in [1.29, 1.82) is 0 Å². The smallest absolute Gasteiger partial charge is 0.338 e. The quantitative estimate of drug-likeness (QED) is 0.501. The first kappa shape index (κ1) is 25.6. The summed E-state index contributed by atoms with van der Waals surface area (Å²) >= 11 is 0. The molecule has 0 N–H and O–H groups in total. The van der Waals surface area contributed by atoms with Crippen molar-refractivity contribution < 1.29 is 23.9 Å². The molecule has 0 unspecified atom stereocenters. The lowest BCUT2D eigenvalue weighted by Crippen LogP contribution is -2.52. The highest BCUT2D eigenvalue weighted by Gasteiger charge is 2.39. The summed E-state index contributed by atoms with van der Waals surface area (Å²) in [5.74, 6) is -0.277. The second-order valence-corrected chi connectivity index (χ2v) is 9.95. The van der Waals surface area contributed by atoms with Crippen molar-refractivity contribution in [3.63, 3.8) is 0 Å². The Morgan fingerprint density at radius 1 is 1.09 bits per heavy atom. The number of methoxy groups -OCH3 is 1. The number of hydrogen-bond acceptors (Lipinski definition) is 6. The fourth-order valence-electron chi connectivity index (χ4n) is 5.94. The largest absolute Gasteiger partial charge is 0.462 e. The monoisotopic (exact) mass is 485 g/mol. The van der Waals surface area contributed by atoms with E-state index in [-0.39, 0.29) is 30.1 Å². The van der Waals surface area contributed by atoms with E-state index < -0.39 is 0 Å². The molecule has 2 amide bonds. The maximum Gasteiger partial charge on any atom is 0.338 e. The first-order valence-corrected chi connectivity index (χ1v) is 13.1. The van der Waals surface area contributed by atoms with E-state index in [0.717, 1.165) is 13.0 Å². The summed E-state index contributed by atoms with van der Waals surface area (Å²) in [7, 11) is 1.66. The van der Waals surface area contributed by atoms with Crippen LogP contribution in [0, 0.1) is 11.8 Å². The van der Waals surface area contributed by atoms with E-state index >= 15 is 0 Å². The molecule has 1 aromatic carbocycles. The van der Waals surface area contributed by atoms with Gasteiger partial charge in [-0.3, -0.25) is 9.59 Å². The molecular formula is C27H39N3O5. The van der Waals surface area contributed by atoms with Crippen molar-refractivity contribution in [3.8, 4) is 0 Å². The molecule has 0 aliphatic carbocycles. The summed E-state index contributed by atoms with van der Waals surface area (Å²) in [4.78, 5) is 44.7. The van der Waals surface area contributed by atoms with Crippen LogP contribution in [0.2, 0.25) is 0 Å². The molecule has 1 aromatic rings. The van der Waals surface area contributed by atoms with Gasteiger partial charge in [0.1, 0.15) is 0 Å². The first-order valence-electron chi connectivity index (χ1n) is 13.1. The highest BCUT2D eigenvalue weighted by molar-refractivity contribution is 6.00. The molecule has 3 aliphatic heterocycles. The standard InChI is InChI=1S/C27H39N3O5/c1-3-35-27(33)20-9-11-23(12-10-20)30-19-22(17-25(30)31)26(32)29(15-16-34-2)18-21-7-6-14-28-13-5-4-8-24(21)28/h9-12,21-22,24H,3-8,13-19H2,1-2H3/t21-,22+,24+/m0/s1. The number of nitrogens with zero attached hydrogens (tertiary/aromatic N) is 3. The van der Waals surface area contributed by atoms with Gasteiger partial charge in [-0.2, -0.15) is 0 Å². The molecule has 0 aromatic heterocycles. The third kappa shape index (κ3) is 6.04.